The van der Waals surface area contributed by atoms with Gasteiger partial charge in [0.2, 0.25) is 23.2 Å². The molecule has 3 fully saturated rings. The van der Waals surface area contributed by atoms with E-state index in [0.29, 0.717) is 5.56 Å². The molecule has 3 aliphatic heterocycles. The minimum absolute atomic E-state index is 0.0434. The number of hydrogen-bond acceptors (Lipinski definition) is 24. The number of methoxy groups -OCH3 is 3. The molecule has 0 saturated carbocycles. The number of carbonyl (C=O) groups excluding carboxylic acids is 1. The van der Waals surface area contributed by atoms with E-state index in [9.17, 15) is 65.8 Å². The Balaban J connectivity index is 1.19. The number of carbonyl (C=O) groups is 1. The van der Waals surface area contributed by atoms with Crippen LogP contribution in [0.15, 0.2) is 63.8 Å². The second-order valence-corrected chi connectivity index (χ2v) is 16.2. The van der Waals surface area contributed by atoms with Crippen molar-refractivity contribution in [2.45, 2.75) is 99.0 Å². The van der Waals surface area contributed by atoms with Crippen LogP contribution in [0.1, 0.15) is 12.5 Å². The van der Waals surface area contributed by atoms with Crippen LogP contribution in [0.2, 0.25) is 0 Å². The molecule has 7 rings (SSSR count). The summed E-state index contributed by atoms with van der Waals surface area (Å²) in [6, 6.07) is 10.4. The van der Waals surface area contributed by atoms with Crippen LogP contribution < -0.4 is 24.4 Å². The maximum Gasteiger partial charge on any atom is 0.330 e. The summed E-state index contributed by atoms with van der Waals surface area (Å²) < 4.78 is 61.9. The van der Waals surface area contributed by atoms with E-state index in [-0.39, 0.29) is 45.7 Å². The van der Waals surface area contributed by atoms with Gasteiger partial charge in [0.15, 0.2) is 35.9 Å². The second kappa shape index (κ2) is 21.4. The maximum absolute atomic E-state index is 14.4. The van der Waals surface area contributed by atoms with Crippen LogP contribution >= 0.6 is 0 Å². The van der Waals surface area contributed by atoms with Crippen LogP contribution in [0.4, 0.5) is 0 Å². The summed E-state index contributed by atoms with van der Waals surface area (Å²) in [6.45, 7) is -0.0995. The summed E-state index contributed by atoms with van der Waals surface area (Å²) in [5, 5.41) is 118. The van der Waals surface area contributed by atoms with Crippen molar-refractivity contribution in [1.82, 2.24) is 0 Å². The van der Waals surface area contributed by atoms with Crippen molar-refractivity contribution in [1.29, 1.82) is 0 Å². The van der Waals surface area contributed by atoms with E-state index < -0.39 is 134 Å². The van der Waals surface area contributed by atoms with Gasteiger partial charge in [0.25, 0.3) is 0 Å². The second-order valence-electron chi connectivity index (χ2n) is 16.2. The zero-order valence-corrected chi connectivity index (χ0v) is 37.1. The topological polar surface area (TPSA) is 362 Å². The van der Waals surface area contributed by atoms with Crippen LogP contribution in [-0.2, 0) is 33.2 Å². The first kappa shape index (κ1) is 51.0. The monoisotopic (exact) mass is 976 g/mol. The number of benzene rings is 3. The Morgan fingerprint density at radius 1 is 0.681 bits per heavy atom. The van der Waals surface area contributed by atoms with Crippen LogP contribution in [0, 0.1) is 0 Å². The average Bonchev–Trinajstić information content (AvgIpc) is 3.33. The lowest BCUT2D eigenvalue weighted by molar-refractivity contribution is -0.362. The van der Waals surface area contributed by atoms with E-state index in [1.54, 1.807) is 0 Å². The first-order chi connectivity index (χ1) is 32.8. The molecule has 4 heterocycles. The fourth-order valence-corrected chi connectivity index (χ4v) is 7.73. The molecule has 24 nitrogen and oxygen atoms in total. The number of aromatic hydroxyl groups is 3. The standard InChI is InChI=1S/C45H52O24/c1-17-30(49)35(54)38(57)43(64-17)63-16-27-33(52)37(56)42(45(67-27)68-41-34(53)29-22(47)13-21(59-2)14-23(29)65-40(41)19-6-8-20(46)9-7-19)69-44-39(58)36(55)32(51)26(66-44)15-62-28(48)10-5-18-11-24(60-3)31(50)25(12-18)61-4/h5-14,17,26-27,30,32-33,35-39,42-47,49-52,54-58H,15-16H2,1-4H3/b10-5+/t17?,26?,27?,30-,32+,33+,35?,36-,37-,38-,39?,42?,43+,44-,45-/m0/s1. The van der Waals surface area contributed by atoms with Gasteiger partial charge < -0.3 is 108 Å². The van der Waals surface area contributed by atoms with E-state index in [1.807, 2.05) is 0 Å². The SMILES string of the molecule is COc1cc(O)c2c(=O)c(O[C@@H]3OC(CO[C@@H]4OC(C)[C@H](O)C(O)[C@@H]4O)[C@@H](O)[C@H](O)C3O[C@@H]3OC(COC(=O)/C=C/c4cc(OC)c(O)c(OC)c4)[C@@H](O)[C@H](O)C3O)c(-c3ccc(O)cc3)oc2c1. The minimum Gasteiger partial charge on any atom is -0.508 e. The molecule has 69 heavy (non-hydrogen) atoms. The van der Waals surface area contributed by atoms with Crippen molar-refractivity contribution in [2.24, 2.45) is 0 Å². The third kappa shape index (κ3) is 10.7. The van der Waals surface area contributed by atoms with Gasteiger partial charge in [-0.25, -0.2) is 4.79 Å². The Morgan fingerprint density at radius 2 is 1.29 bits per heavy atom. The summed E-state index contributed by atoms with van der Waals surface area (Å²) in [5.41, 5.74) is -0.743. The summed E-state index contributed by atoms with van der Waals surface area (Å²) in [6.07, 6.45) is -25.0. The predicted molar refractivity (Wildman–Crippen MR) is 230 cm³/mol. The lowest BCUT2D eigenvalue weighted by Gasteiger charge is -2.46. The van der Waals surface area contributed by atoms with Gasteiger partial charge >= 0.3 is 5.97 Å². The smallest absolute Gasteiger partial charge is 0.330 e. The lowest BCUT2D eigenvalue weighted by atomic mass is 9.97. The van der Waals surface area contributed by atoms with Crippen molar-refractivity contribution in [2.75, 3.05) is 34.5 Å². The van der Waals surface area contributed by atoms with Crippen LogP contribution in [0.25, 0.3) is 28.4 Å². The Hall–Kier alpha value is -5.84. The molecule has 3 saturated heterocycles. The Bertz CT molecular complexity index is 2490. The number of hydrogen-bond donors (Lipinski definition) is 11. The van der Waals surface area contributed by atoms with Gasteiger partial charge in [0.05, 0.1) is 34.0 Å². The summed E-state index contributed by atoms with van der Waals surface area (Å²) in [7, 11) is 3.92. The highest BCUT2D eigenvalue weighted by atomic mass is 16.8. The molecular weight excluding hydrogens is 924 g/mol. The normalized spacial score (nSPS) is 31.6. The zero-order valence-electron chi connectivity index (χ0n) is 37.1. The third-order valence-electron chi connectivity index (χ3n) is 11.6. The maximum atomic E-state index is 14.4. The molecule has 6 unspecified atom stereocenters. The number of phenolic OH excluding ortho intramolecular Hbond substituents is 3. The molecular formula is C45H52O24. The number of rotatable bonds is 15. The van der Waals surface area contributed by atoms with Gasteiger partial charge in [-0.05, 0) is 55.0 Å². The van der Waals surface area contributed by atoms with Gasteiger partial charge in [-0.2, -0.15) is 0 Å². The van der Waals surface area contributed by atoms with Crippen molar-refractivity contribution in [3.05, 3.63) is 70.4 Å². The predicted octanol–water partition coefficient (Wildman–Crippen LogP) is -1.28. The summed E-state index contributed by atoms with van der Waals surface area (Å²) in [5.74, 6) is -2.89. The fraction of sp³-hybridized carbons (Fsp3) is 0.467. The molecule has 0 aliphatic carbocycles. The highest BCUT2D eigenvalue weighted by molar-refractivity contribution is 5.89. The zero-order chi connectivity index (χ0) is 50.0. The highest BCUT2D eigenvalue weighted by Gasteiger charge is 2.53. The average molecular weight is 977 g/mol. The molecule has 3 aliphatic rings. The van der Waals surface area contributed by atoms with E-state index >= 15 is 0 Å². The Morgan fingerprint density at radius 3 is 1.94 bits per heavy atom. The largest absolute Gasteiger partial charge is 0.508 e. The molecule has 1 aromatic heterocycles. The van der Waals surface area contributed by atoms with Gasteiger partial charge in [-0.3, -0.25) is 4.79 Å². The van der Waals surface area contributed by atoms with Gasteiger partial charge in [0.1, 0.15) is 95.9 Å². The molecule has 4 aromatic rings. The number of phenols is 3. The number of fused-ring (bicyclic) bond motifs is 1. The molecule has 0 radical (unpaired) electrons. The first-order valence-electron chi connectivity index (χ1n) is 21.2. The molecule has 0 bridgehead atoms. The van der Waals surface area contributed by atoms with Crippen LogP contribution in [-0.4, -0.2) is 189 Å². The van der Waals surface area contributed by atoms with Crippen LogP contribution in [0.3, 0.4) is 0 Å². The quantitative estimate of drug-likeness (QED) is 0.0488. The van der Waals surface area contributed by atoms with Crippen molar-refractivity contribution in [3.8, 4) is 51.6 Å². The van der Waals surface area contributed by atoms with Crippen molar-refractivity contribution < 1.29 is 113 Å². The highest BCUT2D eigenvalue weighted by Crippen LogP contribution is 2.40. The molecule has 15 atom stereocenters. The molecule has 3 aromatic carbocycles. The number of aliphatic hydroxyl groups is 8. The van der Waals surface area contributed by atoms with Crippen LogP contribution in [0.5, 0.6) is 40.2 Å². The molecule has 24 heteroatoms. The Labute approximate surface area is 390 Å². The molecule has 11 N–H and O–H groups in total. The van der Waals surface area contributed by atoms with E-state index in [4.69, 9.17) is 51.8 Å². The fourth-order valence-electron chi connectivity index (χ4n) is 7.73. The van der Waals surface area contributed by atoms with Gasteiger partial charge in [-0.15, -0.1) is 0 Å². The minimum atomic E-state index is -2.14. The molecule has 376 valence electrons. The summed E-state index contributed by atoms with van der Waals surface area (Å²) in [4.78, 5) is 27.2. The molecule has 0 amide bonds. The van der Waals surface area contributed by atoms with E-state index in [0.717, 1.165) is 12.1 Å². The first-order valence-corrected chi connectivity index (χ1v) is 21.2. The third-order valence-corrected chi connectivity index (χ3v) is 11.6. The molecule has 0 spiro atoms. The van der Waals surface area contributed by atoms with Crippen molar-refractivity contribution >= 4 is 23.0 Å². The lowest BCUT2D eigenvalue weighted by Crippen LogP contribution is -2.65. The van der Waals surface area contributed by atoms with E-state index in [2.05, 4.69) is 0 Å². The number of esters is 1. The van der Waals surface area contributed by atoms with Crippen molar-refractivity contribution in [3.63, 3.8) is 0 Å². The Kier molecular flexibility index (Phi) is 15.8. The number of ether oxygens (including phenoxy) is 10. The van der Waals surface area contributed by atoms with Gasteiger partial charge in [0, 0.05) is 23.8 Å². The van der Waals surface area contributed by atoms with Gasteiger partial charge in [-0.1, -0.05) is 0 Å². The van der Waals surface area contributed by atoms with E-state index in [1.165, 1.54) is 76.8 Å². The number of aliphatic hydroxyl groups excluding tert-OH is 8. The summed E-state index contributed by atoms with van der Waals surface area (Å²) >= 11 is 0.